The standard InChI is InChI=1S/C14H18N2O5S/c1-2-16(11-7-8-22(20,21)9-11)14(19)13(18)15-10-3-5-12(17)6-4-10/h3-6,11,17H,2,7-9H2,1H3,(H,15,18). The van der Waals surface area contributed by atoms with Gasteiger partial charge in [0.1, 0.15) is 5.75 Å². The molecule has 1 saturated heterocycles. The normalized spacial score (nSPS) is 19.6. The zero-order valence-electron chi connectivity index (χ0n) is 12.2. The fraction of sp³-hybridized carbons (Fsp3) is 0.429. The highest BCUT2D eigenvalue weighted by Crippen LogP contribution is 2.18. The van der Waals surface area contributed by atoms with Crippen LogP contribution in [0.2, 0.25) is 0 Å². The van der Waals surface area contributed by atoms with Gasteiger partial charge in [-0.3, -0.25) is 9.59 Å². The first-order valence-corrected chi connectivity index (χ1v) is 8.76. The smallest absolute Gasteiger partial charge is 0.313 e. The van der Waals surface area contributed by atoms with Gasteiger partial charge in [0.15, 0.2) is 9.84 Å². The van der Waals surface area contributed by atoms with Crippen molar-refractivity contribution in [1.82, 2.24) is 4.90 Å². The molecule has 0 saturated carbocycles. The van der Waals surface area contributed by atoms with Gasteiger partial charge in [-0.1, -0.05) is 0 Å². The van der Waals surface area contributed by atoms with E-state index in [9.17, 15) is 23.1 Å². The van der Waals surface area contributed by atoms with Crippen LogP contribution in [0.5, 0.6) is 5.75 Å². The third kappa shape index (κ3) is 3.76. The molecule has 22 heavy (non-hydrogen) atoms. The van der Waals surface area contributed by atoms with Gasteiger partial charge in [0, 0.05) is 18.3 Å². The maximum Gasteiger partial charge on any atom is 0.313 e. The molecule has 0 spiro atoms. The lowest BCUT2D eigenvalue weighted by Gasteiger charge is -2.26. The molecule has 2 rings (SSSR count). The van der Waals surface area contributed by atoms with E-state index >= 15 is 0 Å². The van der Waals surface area contributed by atoms with Crippen LogP contribution in [0.3, 0.4) is 0 Å². The number of hydrogen-bond acceptors (Lipinski definition) is 5. The van der Waals surface area contributed by atoms with Crippen molar-refractivity contribution in [2.75, 3.05) is 23.4 Å². The summed E-state index contributed by atoms with van der Waals surface area (Å²) in [6, 6.07) is 5.27. The Kier molecular flexibility index (Phi) is 4.70. The van der Waals surface area contributed by atoms with Crippen molar-refractivity contribution in [1.29, 1.82) is 0 Å². The highest BCUT2D eigenvalue weighted by molar-refractivity contribution is 7.91. The van der Waals surface area contributed by atoms with E-state index < -0.39 is 27.7 Å². The number of sulfone groups is 1. The largest absolute Gasteiger partial charge is 0.508 e. The number of nitrogens with zero attached hydrogens (tertiary/aromatic N) is 1. The molecule has 0 bridgehead atoms. The molecule has 7 nitrogen and oxygen atoms in total. The minimum absolute atomic E-state index is 0.0427. The van der Waals surface area contributed by atoms with Gasteiger partial charge in [0.25, 0.3) is 0 Å². The highest BCUT2D eigenvalue weighted by Gasteiger charge is 2.35. The Bertz CT molecular complexity index is 669. The zero-order chi connectivity index (χ0) is 16.3. The fourth-order valence-electron chi connectivity index (χ4n) is 2.45. The van der Waals surface area contributed by atoms with Crippen LogP contribution in [0.25, 0.3) is 0 Å². The second-order valence-corrected chi connectivity index (χ2v) is 7.38. The molecule has 1 heterocycles. The predicted octanol–water partition coefficient (Wildman–Crippen LogP) is 0.366. The number of benzene rings is 1. The quantitative estimate of drug-likeness (QED) is 0.617. The summed E-state index contributed by atoms with van der Waals surface area (Å²) in [5.41, 5.74) is 0.381. The molecule has 2 amide bonds. The third-order valence-corrected chi connectivity index (χ3v) is 5.32. The van der Waals surface area contributed by atoms with Crippen molar-refractivity contribution >= 4 is 27.3 Å². The van der Waals surface area contributed by atoms with Crippen LogP contribution in [0.4, 0.5) is 5.69 Å². The van der Waals surface area contributed by atoms with Gasteiger partial charge >= 0.3 is 11.8 Å². The molecular weight excluding hydrogens is 308 g/mol. The summed E-state index contributed by atoms with van der Waals surface area (Å²) in [4.78, 5) is 25.5. The number of carbonyl (C=O) groups is 2. The van der Waals surface area contributed by atoms with Crippen molar-refractivity contribution in [2.45, 2.75) is 19.4 Å². The van der Waals surface area contributed by atoms with E-state index in [1.165, 1.54) is 29.2 Å². The van der Waals surface area contributed by atoms with Crippen molar-refractivity contribution < 1.29 is 23.1 Å². The van der Waals surface area contributed by atoms with Crippen LogP contribution in [0, 0.1) is 0 Å². The SMILES string of the molecule is CCN(C(=O)C(=O)Nc1ccc(O)cc1)C1CCS(=O)(=O)C1. The number of carbonyl (C=O) groups excluding carboxylic acids is 2. The molecule has 1 aromatic carbocycles. The summed E-state index contributed by atoms with van der Waals surface area (Å²) < 4.78 is 23.0. The Morgan fingerprint density at radius 1 is 1.32 bits per heavy atom. The molecule has 0 aliphatic carbocycles. The van der Waals surface area contributed by atoms with Crippen molar-refractivity contribution in [3.63, 3.8) is 0 Å². The summed E-state index contributed by atoms with van der Waals surface area (Å²) in [5, 5.41) is 11.6. The van der Waals surface area contributed by atoms with E-state index in [0.717, 1.165) is 0 Å². The molecule has 1 fully saturated rings. The lowest BCUT2D eigenvalue weighted by atomic mass is 10.2. The molecule has 1 atom stereocenters. The van der Waals surface area contributed by atoms with E-state index in [1.807, 2.05) is 0 Å². The Hall–Kier alpha value is -2.09. The molecular formula is C14H18N2O5S. The third-order valence-electron chi connectivity index (χ3n) is 3.57. The molecule has 1 unspecified atom stereocenters. The number of likely N-dealkylation sites (N-methyl/N-ethyl adjacent to an activating group) is 1. The minimum atomic E-state index is -3.13. The van der Waals surface area contributed by atoms with Gasteiger partial charge in [-0.05, 0) is 37.6 Å². The average molecular weight is 326 g/mol. The second-order valence-electron chi connectivity index (χ2n) is 5.15. The number of rotatable bonds is 3. The van der Waals surface area contributed by atoms with E-state index in [4.69, 9.17) is 0 Å². The van der Waals surface area contributed by atoms with E-state index in [-0.39, 0.29) is 23.8 Å². The van der Waals surface area contributed by atoms with Crippen LogP contribution >= 0.6 is 0 Å². The number of amides is 2. The zero-order valence-corrected chi connectivity index (χ0v) is 13.0. The first-order valence-electron chi connectivity index (χ1n) is 6.94. The maximum atomic E-state index is 12.2. The van der Waals surface area contributed by atoms with Gasteiger partial charge in [-0.25, -0.2) is 8.42 Å². The van der Waals surface area contributed by atoms with Gasteiger partial charge < -0.3 is 15.3 Å². The van der Waals surface area contributed by atoms with Crippen molar-refractivity contribution in [3.05, 3.63) is 24.3 Å². The summed E-state index contributed by atoms with van der Waals surface area (Å²) in [7, 11) is -3.13. The molecule has 8 heteroatoms. The van der Waals surface area contributed by atoms with Gasteiger partial charge in [0.2, 0.25) is 0 Å². The summed E-state index contributed by atoms with van der Waals surface area (Å²) in [6.07, 6.45) is 0.356. The Balaban J connectivity index is 2.05. The van der Waals surface area contributed by atoms with E-state index in [1.54, 1.807) is 6.92 Å². The molecule has 0 aromatic heterocycles. The summed E-state index contributed by atoms with van der Waals surface area (Å²) in [5.74, 6) is -1.58. The van der Waals surface area contributed by atoms with Crippen LogP contribution in [-0.2, 0) is 19.4 Å². The number of aromatic hydroxyl groups is 1. The van der Waals surface area contributed by atoms with Crippen LogP contribution < -0.4 is 5.32 Å². The molecule has 2 N–H and O–H groups in total. The summed E-state index contributed by atoms with van der Waals surface area (Å²) >= 11 is 0. The molecule has 1 aliphatic heterocycles. The van der Waals surface area contributed by atoms with Gasteiger partial charge in [0.05, 0.1) is 11.5 Å². The van der Waals surface area contributed by atoms with Crippen molar-refractivity contribution in [2.24, 2.45) is 0 Å². The van der Waals surface area contributed by atoms with Gasteiger partial charge in [-0.2, -0.15) is 0 Å². The first-order chi connectivity index (χ1) is 10.3. The molecule has 1 aromatic rings. The molecule has 120 valence electrons. The van der Waals surface area contributed by atoms with Gasteiger partial charge in [-0.15, -0.1) is 0 Å². The lowest BCUT2D eigenvalue weighted by Crippen LogP contribution is -2.46. The topological polar surface area (TPSA) is 104 Å². The Labute approximate surface area is 128 Å². The summed E-state index contributed by atoms with van der Waals surface area (Å²) in [6.45, 7) is 1.97. The van der Waals surface area contributed by atoms with E-state index in [2.05, 4.69) is 5.32 Å². The average Bonchev–Trinajstić information content (AvgIpc) is 2.82. The molecule has 0 radical (unpaired) electrons. The lowest BCUT2D eigenvalue weighted by molar-refractivity contribution is -0.144. The maximum absolute atomic E-state index is 12.2. The number of phenols is 1. The number of nitrogens with one attached hydrogen (secondary N) is 1. The van der Waals surface area contributed by atoms with Crippen LogP contribution in [-0.4, -0.2) is 54.3 Å². The predicted molar refractivity (Wildman–Crippen MR) is 81.2 cm³/mol. The first kappa shape index (κ1) is 16.3. The molecule has 1 aliphatic rings. The monoisotopic (exact) mass is 326 g/mol. The Morgan fingerprint density at radius 2 is 1.95 bits per heavy atom. The number of phenolic OH excluding ortho intramolecular Hbond substituents is 1. The Morgan fingerprint density at radius 3 is 2.45 bits per heavy atom. The minimum Gasteiger partial charge on any atom is -0.508 e. The van der Waals surface area contributed by atoms with Crippen molar-refractivity contribution in [3.8, 4) is 5.75 Å². The number of hydrogen-bond donors (Lipinski definition) is 2. The fourth-order valence-corrected chi connectivity index (χ4v) is 4.18. The van der Waals surface area contributed by atoms with E-state index in [0.29, 0.717) is 12.1 Å². The van der Waals surface area contributed by atoms with Crippen LogP contribution in [0.1, 0.15) is 13.3 Å². The number of anilines is 1. The second kappa shape index (κ2) is 6.35. The van der Waals surface area contributed by atoms with Crippen LogP contribution in [0.15, 0.2) is 24.3 Å². The highest BCUT2D eigenvalue weighted by atomic mass is 32.2.